The first-order valence-electron chi connectivity index (χ1n) is 9.55. The Morgan fingerprint density at radius 3 is 2.81 bits per heavy atom. The number of hydrogen-bond donors (Lipinski definition) is 1. The third-order valence-corrected chi connectivity index (χ3v) is 5.20. The minimum absolute atomic E-state index is 0.162. The second kappa shape index (κ2) is 9.43. The molecule has 1 N–H and O–H groups in total. The van der Waals surface area contributed by atoms with Gasteiger partial charge in [-0.25, -0.2) is 9.37 Å². The number of aryl methyl sites for hydroxylation is 1. The number of carbonyl (C=O) groups excluding carboxylic acids is 1. The summed E-state index contributed by atoms with van der Waals surface area (Å²) in [6.07, 6.45) is 0.840. The topological polar surface area (TPSA) is 94.8 Å². The summed E-state index contributed by atoms with van der Waals surface area (Å²) >= 11 is 1.28. The molecule has 0 aliphatic carbocycles. The lowest BCUT2D eigenvalue weighted by Crippen LogP contribution is -2.13. The standard InChI is InChI=1S/C21H19FN6O2S/c1-30-18-10-9-15(12-16(18)22)17-13-31-21(23-17)24-19(29)8-5-11-28-26-20(25-27-28)14-6-3-2-4-7-14/h2-4,6-7,9-10,12-13H,5,8,11H2,1H3,(H,23,24,29). The summed E-state index contributed by atoms with van der Waals surface area (Å²) < 4.78 is 18.8. The first-order chi connectivity index (χ1) is 15.1. The zero-order chi connectivity index (χ0) is 21.6. The van der Waals surface area contributed by atoms with Crippen LogP contribution in [0.25, 0.3) is 22.6 Å². The van der Waals surface area contributed by atoms with Gasteiger partial charge in [-0.2, -0.15) is 4.80 Å². The van der Waals surface area contributed by atoms with Crippen molar-refractivity contribution in [2.45, 2.75) is 19.4 Å². The van der Waals surface area contributed by atoms with E-state index in [9.17, 15) is 9.18 Å². The molecule has 1 amide bonds. The number of rotatable bonds is 8. The van der Waals surface area contributed by atoms with E-state index in [0.29, 0.717) is 35.2 Å². The van der Waals surface area contributed by atoms with Crippen LogP contribution in [0, 0.1) is 5.82 Å². The van der Waals surface area contributed by atoms with Gasteiger partial charge in [-0.15, -0.1) is 21.5 Å². The number of thiazole rings is 1. The van der Waals surface area contributed by atoms with E-state index in [2.05, 4.69) is 25.7 Å². The van der Waals surface area contributed by atoms with E-state index in [1.807, 2.05) is 30.3 Å². The molecule has 2 aromatic heterocycles. The van der Waals surface area contributed by atoms with Crippen molar-refractivity contribution < 1.29 is 13.9 Å². The fourth-order valence-electron chi connectivity index (χ4n) is 2.89. The average Bonchev–Trinajstić information content (AvgIpc) is 3.44. The fourth-order valence-corrected chi connectivity index (χ4v) is 3.63. The van der Waals surface area contributed by atoms with E-state index in [1.165, 1.54) is 29.3 Å². The Kier molecular flexibility index (Phi) is 6.27. The largest absolute Gasteiger partial charge is 0.494 e. The summed E-state index contributed by atoms with van der Waals surface area (Å²) in [4.78, 5) is 18.1. The molecule has 158 valence electrons. The number of benzene rings is 2. The van der Waals surface area contributed by atoms with Gasteiger partial charge in [0.1, 0.15) is 0 Å². The highest BCUT2D eigenvalue weighted by Gasteiger charge is 2.11. The molecule has 0 unspecified atom stereocenters. The molecule has 31 heavy (non-hydrogen) atoms. The number of aromatic nitrogens is 5. The van der Waals surface area contributed by atoms with Crippen molar-refractivity contribution in [3.05, 3.63) is 59.7 Å². The second-order valence-electron chi connectivity index (χ2n) is 6.61. The lowest BCUT2D eigenvalue weighted by atomic mass is 10.1. The summed E-state index contributed by atoms with van der Waals surface area (Å²) in [5.41, 5.74) is 2.09. The van der Waals surface area contributed by atoms with Crippen molar-refractivity contribution in [1.29, 1.82) is 0 Å². The maximum Gasteiger partial charge on any atom is 0.226 e. The molecule has 0 atom stereocenters. The molecule has 2 aromatic carbocycles. The Bertz CT molecular complexity index is 1180. The van der Waals surface area contributed by atoms with E-state index in [0.717, 1.165) is 5.56 Å². The number of methoxy groups -OCH3 is 1. The van der Waals surface area contributed by atoms with Gasteiger partial charge in [-0.1, -0.05) is 30.3 Å². The number of tetrazole rings is 1. The average molecular weight is 438 g/mol. The van der Waals surface area contributed by atoms with Crippen LogP contribution in [0.15, 0.2) is 53.9 Å². The molecule has 0 spiro atoms. The van der Waals surface area contributed by atoms with Gasteiger partial charge in [-0.05, 0) is 29.8 Å². The van der Waals surface area contributed by atoms with Crippen molar-refractivity contribution >= 4 is 22.4 Å². The molecule has 10 heteroatoms. The van der Waals surface area contributed by atoms with Gasteiger partial charge in [0.25, 0.3) is 0 Å². The Labute approximate surface area is 181 Å². The maximum atomic E-state index is 13.9. The van der Waals surface area contributed by atoms with Crippen LogP contribution >= 0.6 is 11.3 Å². The number of anilines is 1. The van der Waals surface area contributed by atoms with Crippen molar-refractivity contribution in [3.63, 3.8) is 0 Å². The third kappa shape index (κ3) is 5.10. The molecule has 0 fully saturated rings. The van der Waals surface area contributed by atoms with Crippen LogP contribution < -0.4 is 10.1 Å². The minimum atomic E-state index is -0.462. The van der Waals surface area contributed by atoms with Gasteiger partial charge in [0.05, 0.1) is 19.3 Å². The van der Waals surface area contributed by atoms with Crippen LogP contribution in [0.4, 0.5) is 9.52 Å². The van der Waals surface area contributed by atoms with Gasteiger partial charge >= 0.3 is 0 Å². The van der Waals surface area contributed by atoms with E-state index >= 15 is 0 Å². The zero-order valence-electron chi connectivity index (χ0n) is 16.7. The molecular weight excluding hydrogens is 419 g/mol. The van der Waals surface area contributed by atoms with Crippen LogP contribution in [-0.2, 0) is 11.3 Å². The van der Waals surface area contributed by atoms with Crippen LogP contribution in [0.2, 0.25) is 0 Å². The molecule has 0 aliphatic rings. The molecule has 0 aliphatic heterocycles. The molecule has 0 radical (unpaired) electrons. The number of nitrogens with one attached hydrogen (secondary N) is 1. The molecule has 8 nitrogen and oxygen atoms in total. The van der Waals surface area contributed by atoms with Gasteiger partial charge in [0.15, 0.2) is 16.7 Å². The van der Waals surface area contributed by atoms with Gasteiger partial charge in [-0.3, -0.25) is 4.79 Å². The first kappa shape index (κ1) is 20.6. The van der Waals surface area contributed by atoms with Crippen LogP contribution in [0.3, 0.4) is 0 Å². The van der Waals surface area contributed by atoms with E-state index in [-0.39, 0.29) is 18.1 Å². The highest BCUT2D eigenvalue weighted by molar-refractivity contribution is 7.14. The molecule has 2 heterocycles. The first-order valence-corrected chi connectivity index (χ1v) is 10.4. The van der Waals surface area contributed by atoms with Crippen LogP contribution in [0.1, 0.15) is 12.8 Å². The summed E-state index contributed by atoms with van der Waals surface area (Å²) in [7, 11) is 1.41. The second-order valence-corrected chi connectivity index (χ2v) is 7.47. The molecule has 0 saturated carbocycles. The quantitative estimate of drug-likeness (QED) is 0.446. The summed E-state index contributed by atoms with van der Waals surface area (Å²) in [6.45, 7) is 0.474. The van der Waals surface area contributed by atoms with Crippen molar-refractivity contribution in [1.82, 2.24) is 25.2 Å². The zero-order valence-corrected chi connectivity index (χ0v) is 17.5. The van der Waals surface area contributed by atoms with Crippen molar-refractivity contribution in [2.24, 2.45) is 0 Å². The molecule has 0 saturated heterocycles. The van der Waals surface area contributed by atoms with Gasteiger partial charge in [0, 0.05) is 22.9 Å². The van der Waals surface area contributed by atoms with Crippen molar-refractivity contribution in [2.75, 3.05) is 12.4 Å². The summed E-state index contributed by atoms with van der Waals surface area (Å²) in [6, 6.07) is 14.2. The summed E-state index contributed by atoms with van der Waals surface area (Å²) in [5, 5.41) is 17.4. The maximum absolute atomic E-state index is 13.9. The van der Waals surface area contributed by atoms with Crippen LogP contribution in [-0.4, -0.2) is 38.2 Å². The number of nitrogens with zero attached hydrogens (tertiary/aromatic N) is 5. The van der Waals surface area contributed by atoms with Crippen LogP contribution in [0.5, 0.6) is 5.75 Å². The number of ether oxygens (including phenoxy) is 1. The predicted octanol–water partition coefficient (Wildman–Crippen LogP) is 4.03. The predicted molar refractivity (Wildman–Crippen MR) is 115 cm³/mol. The molecule has 4 aromatic rings. The SMILES string of the molecule is COc1ccc(-c2csc(NC(=O)CCCn3nnc(-c4ccccc4)n3)n2)cc1F. The lowest BCUT2D eigenvalue weighted by Gasteiger charge is -2.03. The van der Waals surface area contributed by atoms with Crippen molar-refractivity contribution in [3.8, 4) is 28.4 Å². The Balaban J connectivity index is 1.28. The monoisotopic (exact) mass is 438 g/mol. The van der Waals surface area contributed by atoms with Gasteiger partial charge < -0.3 is 10.1 Å². The lowest BCUT2D eigenvalue weighted by molar-refractivity contribution is -0.116. The molecule has 4 rings (SSSR count). The third-order valence-electron chi connectivity index (χ3n) is 4.44. The van der Waals surface area contributed by atoms with E-state index in [1.54, 1.807) is 17.5 Å². The number of hydrogen-bond acceptors (Lipinski definition) is 7. The Hall–Kier alpha value is -3.66. The molecule has 0 bridgehead atoms. The smallest absolute Gasteiger partial charge is 0.226 e. The Morgan fingerprint density at radius 2 is 2.03 bits per heavy atom. The number of halogens is 1. The molecular formula is C21H19FN6O2S. The number of carbonyl (C=O) groups is 1. The minimum Gasteiger partial charge on any atom is -0.494 e. The van der Waals surface area contributed by atoms with E-state index < -0.39 is 5.82 Å². The highest BCUT2D eigenvalue weighted by atomic mass is 32.1. The normalized spacial score (nSPS) is 10.8. The summed E-state index contributed by atoms with van der Waals surface area (Å²) in [5.74, 6) is 0.0986. The number of amides is 1. The highest BCUT2D eigenvalue weighted by Crippen LogP contribution is 2.28. The Morgan fingerprint density at radius 1 is 1.19 bits per heavy atom. The van der Waals surface area contributed by atoms with Gasteiger partial charge in [0.2, 0.25) is 11.7 Å². The fraction of sp³-hybridized carbons (Fsp3) is 0.190. The van der Waals surface area contributed by atoms with E-state index in [4.69, 9.17) is 4.74 Å².